The van der Waals surface area contributed by atoms with Gasteiger partial charge in [0.1, 0.15) is 6.61 Å². The lowest BCUT2D eigenvalue weighted by molar-refractivity contribution is 0.0759. The fourth-order valence-corrected chi connectivity index (χ4v) is 4.45. The van der Waals surface area contributed by atoms with Gasteiger partial charge in [-0.1, -0.05) is 12.1 Å². The summed E-state index contributed by atoms with van der Waals surface area (Å²) in [6.45, 7) is 1.82. The van der Waals surface area contributed by atoms with Gasteiger partial charge in [-0.2, -0.15) is 5.10 Å². The molecule has 0 bridgehead atoms. The van der Waals surface area contributed by atoms with E-state index in [1.165, 1.54) is 18.3 Å². The molecule has 5 rings (SSSR count). The average Bonchev–Trinajstić information content (AvgIpc) is 3.05. The van der Waals surface area contributed by atoms with Gasteiger partial charge >= 0.3 is 0 Å². The molecule has 0 aliphatic carbocycles. The standard InChI is InChI=1S/C21H21N3O6S/c25-31(26,17-6-7-19-21(10-17)28-9-3-8-27-19)23-15-11-22-24(12-15)13-16-14-29-18-4-1-2-5-20(18)30-16/h1-2,4-7,10-12,16,23H,3,8-9,13-14H2. The molecular weight excluding hydrogens is 422 g/mol. The number of nitrogens with one attached hydrogen (secondary N) is 1. The molecule has 162 valence electrons. The molecule has 1 atom stereocenters. The highest BCUT2D eigenvalue weighted by molar-refractivity contribution is 7.92. The van der Waals surface area contributed by atoms with Gasteiger partial charge in [-0.05, 0) is 24.3 Å². The van der Waals surface area contributed by atoms with Crippen molar-refractivity contribution in [2.24, 2.45) is 0 Å². The monoisotopic (exact) mass is 443 g/mol. The summed E-state index contributed by atoms with van der Waals surface area (Å²) in [7, 11) is -3.81. The molecule has 3 heterocycles. The van der Waals surface area contributed by atoms with Crippen LogP contribution in [0.15, 0.2) is 59.8 Å². The number of aromatic nitrogens is 2. The zero-order valence-corrected chi connectivity index (χ0v) is 17.4. The molecule has 3 aromatic rings. The van der Waals surface area contributed by atoms with Crippen LogP contribution < -0.4 is 23.7 Å². The summed E-state index contributed by atoms with van der Waals surface area (Å²) < 4.78 is 52.6. The molecule has 2 aliphatic heterocycles. The van der Waals surface area contributed by atoms with Crippen molar-refractivity contribution in [2.75, 3.05) is 24.5 Å². The van der Waals surface area contributed by atoms with Crippen LogP contribution in [0.25, 0.3) is 0 Å². The molecule has 2 aromatic carbocycles. The van der Waals surface area contributed by atoms with Crippen molar-refractivity contribution in [3.8, 4) is 23.0 Å². The number of para-hydroxylation sites is 2. The number of benzene rings is 2. The van der Waals surface area contributed by atoms with E-state index in [1.54, 1.807) is 16.9 Å². The predicted molar refractivity (Wildman–Crippen MR) is 111 cm³/mol. The van der Waals surface area contributed by atoms with E-state index in [1.807, 2.05) is 24.3 Å². The molecule has 1 N–H and O–H groups in total. The smallest absolute Gasteiger partial charge is 0.262 e. The van der Waals surface area contributed by atoms with E-state index in [0.29, 0.717) is 55.1 Å². The Bertz CT molecular complexity index is 1190. The number of rotatable bonds is 5. The minimum Gasteiger partial charge on any atom is -0.490 e. The van der Waals surface area contributed by atoms with Crippen molar-refractivity contribution >= 4 is 15.7 Å². The maximum Gasteiger partial charge on any atom is 0.262 e. The maximum absolute atomic E-state index is 12.8. The van der Waals surface area contributed by atoms with Crippen LogP contribution in [0.1, 0.15) is 6.42 Å². The number of anilines is 1. The third-order valence-electron chi connectivity index (χ3n) is 4.87. The van der Waals surface area contributed by atoms with E-state index >= 15 is 0 Å². The summed E-state index contributed by atoms with van der Waals surface area (Å²) in [5, 5.41) is 4.24. The number of hydrogen-bond acceptors (Lipinski definition) is 7. The van der Waals surface area contributed by atoms with Gasteiger partial charge in [0.05, 0.1) is 36.5 Å². The highest BCUT2D eigenvalue weighted by Gasteiger charge is 2.23. The Balaban J connectivity index is 1.27. The van der Waals surface area contributed by atoms with E-state index in [2.05, 4.69) is 9.82 Å². The Kier molecular flexibility index (Phi) is 5.06. The van der Waals surface area contributed by atoms with E-state index < -0.39 is 10.0 Å². The largest absolute Gasteiger partial charge is 0.490 e. The minimum atomic E-state index is -3.81. The van der Waals surface area contributed by atoms with Gasteiger partial charge in [0.25, 0.3) is 10.0 Å². The first kappa shape index (κ1) is 19.6. The van der Waals surface area contributed by atoms with Gasteiger partial charge in [0.2, 0.25) is 0 Å². The van der Waals surface area contributed by atoms with Crippen molar-refractivity contribution in [2.45, 2.75) is 24.0 Å². The maximum atomic E-state index is 12.8. The minimum absolute atomic E-state index is 0.0881. The third kappa shape index (κ3) is 4.24. The van der Waals surface area contributed by atoms with Gasteiger partial charge < -0.3 is 18.9 Å². The fraction of sp³-hybridized carbons (Fsp3) is 0.286. The summed E-state index contributed by atoms with van der Waals surface area (Å²) >= 11 is 0. The van der Waals surface area contributed by atoms with Gasteiger partial charge in [-0.15, -0.1) is 0 Å². The predicted octanol–water partition coefficient (Wildman–Crippen LogP) is 2.69. The molecule has 0 fully saturated rings. The fourth-order valence-electron chi connectivity index (χ4n) is 3.40. The number of nitrogens with zero attached hydrogens (tertiary/aromatic N) is 2. The van der Waals surface area contributed by atoms with Crippen LogP contribution in [-0.2, 0) is 16.6 Å². The highest BCUT2D eigenvalue weighted by atomic mass is 32.2. The van der Waals surface area contributed by atoms with Crippen LogP contribution >= 0.6 is 0 Å². The molecule has 0 amide bonds. The Morgan fingerprint density at radius 2 is 1.77 bits per heavy atom. The first-order valence-electron chi connectivity index (χ1n) is 9.90. The normalized spacial score (nSPS) is 17.6. The molecule has 1 aromatic heterocycles. The molecule has 0 saturated carbocycles. The molecule has 0 saturated heterocycles. The first-order valence-corrected chi connectivity index (χ1v) is 11.4. The van der Waals surface area contributed by atoms with Gasteiger partial charge in [0.15, 0.2) is 29.1 Å². The lowest BCUT2D eigenvalue weighted by atomic mass is 10.2. The van der Waals surface area contributed by atoms with Gasteiger partial charge in [-0.3, -0.25) is 9.40 Å². The van der Waals surface area contributed by atoms with Crippen LogP contribution in [0, 0.1) is 0 Å². The second kappa shape index (κ2) is 8.03. The Labute approximate surface area is 179 Å². The summed E-state index contributed by atoms with van der Waals surface area (Å²) in [5.74, 6) is 2.36. The van der Waals surface area contributed by atoms with E-state index in [4.69, 9.17) is 18.9 Å². The van der Waals surface area contributed by atoms with E-state index in [9.17, 15) is 8.42 Å². The number of hydrogen-bond donors (Lipinski definition) is 1. The van der Waals surface area contributed by atoms with Crippen molar-refractivity contribution in [1.82, 2.24) is 9.78 Å². The molecular formula is C21H21N3O6S. The van der Waals surface area contributed by atoms with Crippen molar-refractivity contribution in [1.29, 1.82) is 0 Å². The average molecular weight is 443 g/mol. The molecule has 1 unspecified atom stereocenters. The summed E-state index contributed by atoms with van der Waals surface area (Å²) in [6, 6.07) is 12.0. The van der Waals surface area contributed by atoms with Crippen LogP contribution in [-0.4, -0.2) is 44.1 Å². The lowest BCUT2D eigenvalue weighted by Crippen LogP contribution is -2.33. The number of ether oxygens (including phenoxy) is 4. The Morgan fingerprint density at radius 3 is 2.65 bits per heavy atom. The lowest BCUT2D eigenvalue weighted by Gasteiger charge is -2.26. The first-order chi connectivity index (χ1) is 15.1. The topological polar surface area (TPSA) is 101 Å². The van der Waals surface area contributed by atoms with Gasteiger partial charge in [0, 0.05) is 18.7 Å². The SMILES string of the molecule is O=S(=O)(Nc1cnn(CC2COc3ccccc3O2)c1)c1ccc2c(c1)OCCCO2. The Hall–Kier alpha value is -3.40. The van der Waals surface area contributed by atoms with Crippen molar-refractivity contribution < 1.29 is 27.4 Å². The number of sulfonamides is 1. The van der Waals surface area contributed by atoms with E-state index in [0.717, 1.165) is 6.42 Å². The molecule has 31 heavy (non-hydrogen) atoms. The van der Waals surface area contributed by atoms with Gasteiger partial charge in [-0.25, -0.2) is 8.42 Å². The van der Waals surface area contributed by atoms with Crippen LogP contribution in [0.4, 0.5) is 5.69 Å². The second-order valence-corrected chi connectivity index (χ2v) is 8.90. The Morgan fingerprint density at radius 1 is 1.00 bits per heavy atom. The zero-order valence-electron chi connectivity index (χ0n) is 16.6. The molecule has 2 aliphatic rings. The summed E-state index contributed by atoms with van der Waals surface area (Å²) in [4.78, 5) is 0.0881. The quantitative estimate of drug-likeness (QED) is 0.647. The van der Waals surface area contributed by atoms with E-state index in [-0.39, 0.29) is 11.0 Å². The molecule has 0 radical (unpaired) electrons. The molecule has 9 nitrogen and oxygen atoms in total. The second-order valence-electron chi connectivity index (χ2n) is 7.21. The summed E-state index contributed by atoms with van der Waals surface area (Å²) in [6.07, 6.45) is 3.58. The third-order valence-corrected chi connectivity index (χ3v) is 6.25. The number of fused-ring (bicyclic) bond motifs is 2. The van der Waals surface area contributed by atoms with Crippen LogP contribution in [0.2, 0.25) is 0 Å². The van der Waals surface area contributed by atoms with Crippen LogP contribution in [0.5, 0.6) is 23.0 Å². The molecule has 10 heteroatoms. The van der Waals surface area contributed by atoms with Crippen molar-refractivity contribution in [3.05, 3.63) is 54.9 Å². The van der Waals surface area contributed by atoms with Crippen LogP contribution in [0.3, 0.4) is 0 Å². The van der Waals surface area contributed by atoms with Crippen molar-refractivity contribution in [3.63, 3.8) is 0 Å². The highest BCUT2D eigenvalue weighted by Crippen LogP contribution is 2.33. The molecule has 0 spiro atoms. The zero-order chi connectivity index (χ0) is 21.3. The summed E-state index contributed by atoms with van der Waals surface area (Å²) in [5.41, 5.74) is 0.351.